The first-order chi connectivity index (χ1) is 15.6. The van der Waals surface area contributed by atoms with Gasteiger partial charge in [0.05, 0.1) is 18.2 Å². The summed E-state index contributed by atoms with van der Waals surface area (Å²) in [5.41, 5.74) is 7.44. The second-order valence-corrected chi connectivity index (χ2v) is 8.93. The van der Waals surface area contributed by atoms with Gasteiger partial charge in [0.1, 0.15) is 6.54 Å². The highest BCUT2D eigenvalue weighted by Gasteiger charge is 2.32. The van der Waals surface area contributed by atoms with Crippen LogP contribution in [0.1, 0.15) is 23.1 Å². The van der Waals surface area contributed by atoms with Crippen molar-refractivity contribution in [3.05, 3.63) is 53.2 Å². The summed E-state index contributed by atoms with van der Waals surface area (Å²) < 4.78 is 19.5. The third-order valence-electron chi connectivity index (χ3n) is 6.71. The van der Waals surface area contributed by atoms with E-state index in [1.54, 1.807) is 7.11 Å². The molecular weight excluding hydrogens is 438 g/mol. The fourth-order valence-corrected chi connectivity index (χ4v) is 5.19. The third-order valence-corrected chi connectivity index (χ3v) is 6.71. The van der Waals surface area contributed by atoms with Gasteiger partial charge in [0, 0.05) is 36.8 Å². The van der Waals surface area contributed by atoms with Gasteiger partial charge in [0.2, 0.25) is 6.79 Å². The smallest absolute Gasteiger partial charge is 0.257 e. The number of nitrogens with zero attached hydrogens (tertiary/aromatic N) is 3. The number of rotatable bonds is 5. The topological polar surface area (TPSA) is 38.1 Å². The van der Waals surface area contributed by atoms with Crippen molar-refractivity contribution >= 4 is 28.4 Å². The Hall–Kier alpha value is -2.96. The van der Waals surface area contributed by atoms with Crippen molar-refractivity contribution in [2.75, 3.05) is 46.0 Å². The maximum absolute atomic E-state index is 5.82. The number of benzene rings is 2. The van der Waals surface area contributed by atoms with Crippen molar-refractivity contribution in [3.63, 3.8) is 0 Å². The molecule has 0 radical (unpaired) electrons. The zero-order valence-corrected chi connectivity index (χ0v) is 20.0. The van der Waals surface area contributed by atoms with Crippen LogP contribution >= 0.6 is 0 Å². The first kappa shape index (κ1) is 21.9. The fourth-order valence-electron chi connectivity index (χ4n) is 5.19. The quantitative estimate of drug-likeness (QED) is 0.518. The Morgan fingerprint density at radius 1 is 1.12 bits per heavy atom. The van der Waals surface area contributed by atoms with Crippen LogP contribution in [0.5, 0.6) is 17.2 Å². The van der Waals surface area contributed by atoms with Gasteiger partial charge in [-0.1, -0.05) is 6.07 Å². The number of anilines is 1. The van der Waals surface area contributed by atoms with E-state index in [1.165, 1.54) is 39.0 Å². The predicted octanol–water partition coefficient (Wildman–Crippen LogP) is 0.695. The van der Waals surface area contributed by atoms with Crippen molar-refractivity contribution < 1.29 is 31.2 Å². The number of hydrogen-bond acceptors (Lipinski definition) is 5. The average molecular weight is 466 g/mol. The largest absolute Gasteiger partial charge is 1.00 e. The molecule has 0 fully saturated rings. The van der Waals surface area contributed by atoms with E-state index in [1.807, 2.05) is 0 Å². The van der Waals surface area contributed by atoms with Gasteiger partial charge >= 0.3 is 0 Å². The van der Waals surface area contributed by atoms with Crippen molar-refractivity contribution in [2.24, 2.45) is 0 Å². The first-order valence-electron chi connectivity index (χ1n) is 11.2. The Balaban J connectivity index is 0.00000228. The van der Waals surface area contributed by atoms with Gasteiger partial charge < -0.3 is 36.4 Å². The molecule has 3 aliphatic rings. The Bertz CT molecular complexity index is 1270. The van der Waals surface area contributed by atoms with Crippen molar-refractivity contribution in [2.45, 2.75) is 19.4 Å². The van der Waals surface area contributed by atoms with E-state index in [0.29, 0.717) is 6.79 Å². The van der Waals surface area contributed by atoms with Crippen LogP contribution in [0.4, 0.5) is 5.69 Å². The molecule has 6 rings (SSSR count). The molecular formula is C26H28ClN3O3. The number of fused-ring (bicyclic) bond motifs is 5. The van der Waals surface area contributed by atoms with E-state index in [0.717, 1.165) is 49.7 Å². The Morgan fingerprint density at radius 2 is 1.94 bits per heavy atom. The zero-order valence-electron chi connectivity index (χ0n) is 19.2. The number of pyridine rings is 1. The lowest BCUT2D eigenvalue weighted by atomic mass is 9.90. The summed E-state index contributed by atoms with van der Waals surface area (Å²) in [6, 6.07) is 10.8. The van der Waals surface area contributed by atoms with E-state index >= 15 is 0 Å². The highest BCUT2D eigenvalue weighted by molar-refractivity contribution is 6.10. The number of ether oxygens (including phenoxy) is 3. The zero-order chi connectivity index (χ0) is 21.8. The van der Waals surface area contributed by atoms with E-state index < -0.39 is 0 Å². The normalized spacial score (nSPS) is 15.2. The molecule has 0 amide bonds. The summed E-state index contributed by atoms with van der Waals surface area (Å²) in [4.78, 5) is 4.68. The summed E-state index contributed by atoms with van der Waals surface area (Å²) in [5, 5.41) is 1.27. The molecule has 3 aromatic rings. The molecule has 0 unspecified atom stereocenters. The lowest BCUT2D eigenvalue weighted by Gasteiger charge is -2.36. The SMILES string of the molecule is COc1ccc2c3c(cc[n+](CCCN(C)C)c13)N1CCc3cc4c(cc3C1=C2)OCO4.[Cl-]. The van der Waals surface area contributed by atoms with Crippen molar-refractivity contribution in [1.82, 2.24) is 4.90 Å². The number of aromatic nitrogens is 1. The molecule has 0 atom stereocenters. The number of methoxy groups -OCH3 is 1. The van der Waals surface area contributed by atoms with Crippen LogP contribution in [0.25, 0.3) is 22.7 Å². The molecule has 33 heavy (non-hydrogen) atoms. The molecule has 3 aliphatic heterocycles. The van der Waals surface area contributed by atoms with Gasteiger partial charge in [-0.25, -0.2) is 0 Å². The summed E-state index contributed by atoms with van der Waals surface area (Å²) in [5.74, 6) is 2.62. The van der Waals surface area contributed by atoms with Gasteiger partial charge in [0.15, 0.2) is 23.4 Å². The minimum absolute atomic E-state index is 0. The van der Waals surface area contributed by atoms with E-state index in [-0.39, 0.29) is 12.4 Å². The first-order valence-corrected chi connectivity index (χ1v) is 11.2. The van der Waals surface area contributed by atoms with Crippen LogP contribution in [0.3, 0.4) is 0 Å². The third kappa shape index (κ3) is 3.49. The van der Waals surface area contributed by atoms with Gasteiger partial charge in [-0.15, -0.1) is 0 Å². The summed E-state index contributed by atoms with van der Waals surface area (Å²) in [6.45, 7) is 3.25. The average Bonchev–Trinajstić information content (AvgIpc) is 3.26. The van der Waals surface area contributed by atoms with Crippen LogP contribution in [0, 0.1) is 0 Å². The number of hydrogen-bond donors (Lipinski definition) is 0. The van der Waals surface area contributed by atoms with Crippen LogP contribution in [-0.2, 0) is 13.0 Å². The Labute approximate surface area is 200 Å². The van der Waals surface area contributed by atoms with Gasteiger partial charge in [-0.3, -0.25) is 0 Å². The minimum atomic E-state index is 0. The highest BCUT2D eigenvalue weighted by atomic mass is 35.5. The maximum atomic E-state index is 5.82. The lowest BCUT2D eigenvalue weighted by molar-refractivity contribution is -0.671. The molecule has 0 saturated carbocycles. The monoisotopic (exact) mass is 465 g/mol. The summed E-state index contributed by atoms with van der Waals surface area (Å²) >= 11 is 0. The molecule has 0 N–H and O–H groups in total. The molecule has 7 heteroatoms. The molecule has 0 bridgehead atoms. The van der Waals surface area contributed by atoms with Gasteiger partial charge in [-0.05, 0) is 55.9 Å². The minimum Gasteiger partial charge on any atom is -1.00 e. The second kappa shape index (κ2) is 8.43. The van der Waals surface area contributed by atoms with Crippen LogP contribution < -0.4 is 36.1 Å². The van der Waals surface area contributed by atoms with Crippen molar-refractivity contribution in [1.29, 1.82) is 0 Å². The summed E-state index contributed by atoms with van der Waals surface area (Å²) in [7, 11) is 6.00. The lowest BCUT2D eigenvalue weighted by Crippen LogP contribution is -3.00. The van der Waals surface area contributed by atoms with E-state index in [2.05, 4.69) is 71.1 Å². The maximum Gasteiger partial charge on any atom is 0.257 e. The van der Waals surface area contributed by atoms with Crippen LogP contribution in [0.15, 0.2) is 36.5 Å². The second-order valence-electron chi connectivity index (χ2n) is 8.93. The van der Waals surface area contributed by atoms with Crippen LogP contribution in [-0.4, -0.2) is 46.0 Å². The molecule has 0 aliphatic carbocycles. The predicted molar refractivity (Wildman–Crippen MR) is 125 cm³/mol. The molecule has 0 saturated heterocycles. The molecule has 6 nitrogen and oxygen atoms in total. The van der Waals surface area contributed by atoms with Crippen molar-refractivity contribution in [3.8, 4) is 17.2 Å². The number of aryl methyl sites for hydroxylation is 1. The summed E-state index contributed by atoms with van der Waals surface area (Å²) in [6.07, 6.45) is 6.60. The fraction of sp³-hybridized carbons (Fsp3) is 0.346. The Kier molecular flexibility index (Phi) is 5.59. The molecule has 2 aromatic carbocycles. The molecule has 0 spiro atoms. The molecule has 4 heterocycles. The molecule has 172 valence electrons. The van der Waals surface area contributed by atoms with Gasteiger partial charge in [-0.2, -0.15) is 4.57 Å². The Morgan fingerprint density at radius 3 is 2.73 bits per heavy atom. The highest BCUT2D eigenvalue weighted by Crippen LogP contribution is 2.47. The van der Waals surface area contributed by atoms with E-state index in [4.69, 9.17) is 14.2 Å². The van der Waals surface area contributed by atoms with Gasteiger partial charge in [0.25, 0.3) is 5.52 Å². The van der Waals surface area contributed by atoms with E-state index in [9.17, 15) is 0 Å². The van der Waals surface area contributed by atoms with Crippen LogP contribution in [0.2, 0.25) is 0 Å². The standard InChI is InChI=1S/C26H28N3O3.ClH/c1-27(2)9-4-10-28-11-8-20-25-18(5-6-22(30-3)26(25)28)13-21-19-15-24-23(31-16-32-24)14-17(19)7-12-29(20)21;/h5-6,8,11,13-15H,4,7,9-10,12,16H2,1-3H3;1H/q+1;/p-1. The number of halogens is 1. The molecule has 1 aromatic heterocycles.